The Morgan fingerprint density at radius 2 is 2.00 bits per heavy atom. The molecule has 0 radical (unpaired) electrons. The Kier molecular flexibility index (Phi) is 7.30. The molecule has 1 N–H and O–H groups in total. The van der Waals surface area contributed by atoms with Crippen LogP contribution in [0.3, 0.4) is 0 Å². The molecule has 0 bridgehead atoms. The minimum Gasteiger partial charge on any atom is -0.361 e. The Hall–Kier alpha value is -1.48. The Labute approximate surface area is 132 Å². The number of hydrogen-bond acceptors (Lipinski definition) is 5. The van der Waals surface area contributed by atoms with Crippen molar-refractivity contribution in [3.05, 3.63) is 47.5 Å². The lowest BCUT2D eigenvalue weighted by molar-refractivity contribution is -0.0996. The SMILES string of the molecule is C=C(S)N(CCc1ccccc1)C(O)N(CC#N)C(C)C. The molecule has 21 heavy (non-hydrogen) atoms. The monoisotopic (exact) mass is 305 g/mol. The van der Waals surface area contributed by atoms with E-state index in [1.54, 1.807) is 9.80 Å². The Morgan fingerprint density at radius 3 is 2.48 bits per heavy atom. The molecule has 0 saturated heterocycles. The van der Waals surface area contributed by atoms with E-state index in [0.29, 0.717) is 11.6 Å². The molecule has 1 atom stereocenters. The second kappa shape index (κ2) is 8.73. The fourth-order valence-corrected chi connectivity index (χ4v) is 2.27. The summed E-state index contributed by atoms with van der Waals surface area (Å²) in [5, 5.41) is 19.9. The Morgan fingerprint density at radius 1 is 1.38 bits per heavy atom. The van der Waals surface area contributed by atoms with E-state index in [1.165, 1.54) is 5.56 Å². The van der Waals surface area contributed by atoms with Crippen LogP contribution in [0.15, 0.2) is 41.9 Å². The van der Waals surface area contributed by atoms with Crippen molar-refractivity contribution >= 4 is 12.6 Å². The van der Waals surface area contributed by atoms with E-state index < -0.39 is 6.35 Å². The number of aliphatic hydroxyl groups is 1. The van der Waals surface area contributed by atoms with Gasteiger partial charge in [0, 0.05) is 12.6 Å². The summed E-state index contributed by atoms with van der Waals surface area (Å²) in [6.45, 7) is 8.43. The fourth-order valence-electron chi connectivity index (χ4n) is 2.06. The van der Waals surface area contributed by atoms with Crippen molar-refractivity contribution in [1.82, 2.24) is 9.80 Å². The third kappa shape index (κ3) is 5.43. The van der Waals surface area contributed by atoms with Gasteiger partial charge >= 0.3 is 0 Å². The van der Waals surface area contributed by atoms with Crippen LogP contribution in [0.1, 0.15) is 19.4 Å². The van der Waals surface area contributed by atoms with Gasteiger partial charge in [-0.15, -0.1) is 12.6 Å². The minimum atomic E-state index is -0.904. The zero-order valence-electron chi connectivity index (χ0n) is 12.6. The maximum atomic E-state index is 10.5. The van der Waals surface area contributed by atoms with E-state index in [0.717, 1.165) is 6.42 Å². The van der Waals surface area contributed by atoms with Crippen molar-refractivity contribution in [3.8, 4) is 6.07 Å². The first-order valence-corrected chi connectivity index (χ1v) is 7.41. The van der Waals surface area contributed by atoms with E-state index in [-0.39, 0.29) is 12.6 Å². The smallest absolute Gasteiger partial charge is 0.188 e. The van der Waals surface area contributed by atoms with Gasteiger partial charge in [-0.3, -0.25) is 0 Å². The van der Waals surface area contributed by atoms with Gasteiger partial charge in [0.1, 0.15) is 0 Å². The third-order valence-corrected chi connectivity index (χ3v) is 3.56. The van der Waals surface area contributed by atoms with Crippen LogP contribution in [0.5, 0.6) is 0 Å². The Bertz CT molecular complexity index is 484. The van der Waals surface area contributed by atoms with Crippen molar-refractivity contribution in [3.63, 3.8) is 0 Å². The standard InChI is InChI=1S/C16H23N3OS/c1-13(2)18(12-10-17)16(20)19(14(3)21)11-9-15-7-5-4-6-8-15/h4-8,13,16,20-21H,3,9,11-12H2,1-2H3. The van der Waals surface area contributed by atoms with Crippen molar-refractivity contribution in [2.75, 3.05) is 13.1 Å². The molecular weight excluding hydrogens is 282 g/mol. The van der Waals surface area contributed by atoms with Gasteiger partial charge in [0.25, 0.3) is 0 Å². The zero-order valence-corrected chi connectivity index (χ0v) is 13.5. The lowest BCUT2D eigenvalue weighted by atomic mass is 10.1. The number of nitrogens with zero attached hydrogens (tertiary/aromatic N) is 3. The molecule has 0 aromatic heterocycles. The zero-order chi connectivity index (χ0) is 15.8. The number of thiol groups is 1. The number of aliphatic hydroxyl groups excluding tert-OH is 1. The molecule has 4 nitrogen and oxygen atoms in total. The summed E-state index contributed by atoms with van der Waals surface area (Å²) in [4.78, 5) is 3.40. The molecule has 5 heteroatoms. The molecule has 1 aromatic rings. The van der Waals surface area contributed by atoms with Crippen molar-refractivity contribution < 1.29 is 5.11 Å². The molecule has 1 unspecified atom stereocenters. The molecule has 114 valence electrons. The highest BCUT2D eigenvalue weighted by atomic mass is 32.1. The average Bonchev–Trinajstić information content (AvgIpc) is 2.45. The fraction of sp³-hybridized carbons (Fsp3) is 0.438. The topological polar surface area (TPSA) is 50.5 Å². The predicted molar refractivity (Wildman–Crippen MR) is 88.4 cm³/mol. The largest absolute Gasteiger partial charge is 0.361 e. The first-order valence-electron chi connectivity index (χ1n) is 6.96. The highest BCUT2D eigenvalue weighted by Gasteiger charge is 2.24. The molecule has 1 aromatic carbocycles. The minimum absolute atomic E-state index is 0.0477. The van der Waals surface area contributed by atoms with Crippen LogP contribution >= 0.6 is 12.6 Å². The van der Waals surface area contributed by atoms with Crippen molar-refractivity contribution in [2.45, 2.75) is 32.7 Å². The molecule has 1 rings (SSSR count). The summed E-state index contributed by atoms with van der Waals surface area (Å²) in [5.41, 5.74) is 1.18. The quantitative estimate of drug-likeness (QED) is 0.440. The van der Waals surface area contributed by atoms with Gasteiger partial charge in [-0.05, 0) is 25.8 Å². The molecule has 0 aliphatic carbocycles. The summed E-state index contributed by atoms with van der Waals surface area (Å²) in [7, 11) is 0. The van der Waals surface area contributed by atoms with E-state index in [4.69, 9.17) is 5.26 Å². The first-order chi connectivity index (χ1) is 9.97. The van der Waals surface area contributed by atoms with Crippen LogP contribution in [0.2, 0.25) is 0 Å². The first kappa shape index (κ1) is 17.6. The molecule has 0 heterocycles. The van der Waals surface area contributed by atoms with E-state index in [2.05, 4.69) is 25.3 Å². The predicted octanol–water partition coefficient (Wildman–Crippen LogP) is 2.44. The normalized spacial score (nSPS) is 12.2. The summed E-state index contributed by atoms with van der Waals surface area (Å²) in [6.07, 6.45) is -0.131. The van der Waals surface area contributed by atoms with Crippen molar-refractivity contribution in [2.24, 2.45) is 0 Å². The second-order valence-corrected chi connectivity index (χ2v) is 5.63. The molecule has 0 saturated carbocycles. The van der Waals surface area contributed by atoms with E-state index >= 15 is 0 Å². The van der Waals surface area contributed by atoms with Crippen LogP contribution in [-0.2, 0) is 6.42 Å². The maximum absolute atomic E-state index is 10.5. The lowest BCUT2D eigenvalue weighted by Gasteiger charge is -2.38. The molecule has 0 amide bonds. The average molecular weight is 305 g/mol. The van der Waals surface area contributed by atoms with Gasteiger partial charge in [0.2, 0.25) is 0 Å². The molecule has 0 aliphatic rings. The lowest BCUT2D eigenvalue weighted by Crippen LogP contribution is -2.50. The van der Waals surface area contributed by atoms with Gasteiger partial charge in [-0.1, -0.05) is 36.9 Å². The van der Waals surface area contributed by atoms with Crippen LogP contribution in [0.4, 0.5) is 0 Å². The van der Waals surface area contributed by atoms with E-state index in [9.17, 15) is 5.11 Å². The van der Waals surface area contributed by atoms with Gasteiger partial charge < -0.3 is 10.0 Å². The number of hydrogen-bond donors (Lipinski definition) is 2. The van der Waals surface area contributed by atoms with Crippen molar-refractivity contribution in [1.29, 1.82) is 5.26 Å². The van der Waals surface area contributed by atoms with Crippen LogP contribution in [0, 0.1) is 11.3 Å². The van der Waals surface area contributed by atoms with Crippen LogP contribution in [0.25, 0.3) is 0 Å². The maximum Gasteiger partial charge on any atom is 0.188 e. The highest BCUT2D eigenvalue weighted by molar-refractivity contribution is 7.84. The van der Waals surface area contributed by atoms with Crippen LogP contribution in [-0.4, -0.2) is 40.4 Å². The highest BCUT2D eigenvalue weighted by Crippen LogP contribution is 2.16. The summed E-state index contributed by atoms with van der Waals surface area (Å²) >= 11 is 4.27. The molecule has 0 spiro atoms. The van der Waals surface area contributed by atoms with Gasteiger partial charge in [-0.2, -0.15) is 5.26 Å². The summed E-state index contributed by atoms with van der Waals surface area (Å²) < 4.78 is 0. The second-order valence-electron chi connectivity index (χ2n) is 5.12. The molecule has 0 aliphatic heterocycles. The number of nitriles is 1. The molecule has 0 fully saturated rings. The van der Waals surface area contributed by atoms with E-state index in [1.807, 2.05) is 44.2 Å². The van der Waals surface area contributed by atoms with Gasteiger partial charge in [0.15, 0.2) is 6.35 Å². The van der Waals surface area contributed by atoms with Gasteiger partial charge in [-0.25, -0.2) is 4.90 Å². The van der Waals surface area contributed by atoms with Gasteiger partial charge in [0.05, 0.1) is 17.6 Å². The number of rotatable bonds is 8. The summed E-state index contributed by atoms with van der Waals surface area (Å²) in [6, 6.07) is 12.2. The Balaban J connectivity index is 2.76. The third-order valence-electron chi connectivity index (χ3n) is 3.31. The molecular formula is C16H23N3OS. The van der Waals surface area contributed by atoms with Crippen LogP contribution < -0.4 is 0 Å². The number of benzene rings is 1. The summed E-state index contributed by atoms with van der Waals surface area (Å²) in [5.74, 6) is 0.